The van der Waals surface area contributed by atoms with Crippen LogP contribution in [-0.2, 0) is 4.74 Å². The molecular weight excluding hydrogens is 462 g/mol. The molecule has 0 spiro atoms. The van der Waals surface area contributed by atoms with E-state index in [-0.39, 0.29) is 18.3 Å². The number of carbonyl (C=O) groups excluding carboxylic acids is 1. The molecule has 0 aromatic heterocycles. The Morgan fingerprint density at radius 2 is 1.63 bits per heavy atom. The number of amides is 1. The van der Waals surface area contributed by atoms with Gasteiger partial charge in [-0.15, -0.1) is 0 Å². The standard InChI is InChI=1S/C27H23F4NO3/c28-25(29)27(30,31)35-19-10-7-9-18(16-19)8-5-6-15-32-26(33)34-17-24-22-13-3-1-11-20(22)21-12-2-4-14-23(21)24/h1-5,7-14,16,24-25H,6,15,17H2,(H,32,33). The highest BCUT2D eigenvalue weighted by atomic mass is 19.3. The maximum atomic E-state index is 13.1. The Hall–Kier alpha value is -3.81. The summed E-state index contributed by atoms with van der Waals surface area (Å²) >= 11 is 0. The lowest BCUT2D eigenvalue weighted by Gasteiger charge is -2.16. The number of ether oxygens (including phenoxy) is 2. The number of carbonyl (C=O) groups is 1. The molecule has 8 heteroatoms. The Morgan fingerprint density at radius 1 is 0.971 bits per heavy atom. The molecule has 1 aliphatic rings. The highest BCUT2D eigenvalue weighted by Gasteiger charge is 2.43. The van der Waals surface area contributed by atoms with E-state index in [9.17, 15) is 22.4 Å². The number of rotatable bonds is 9. The van der Waals surface area contributed by atoms with Gasteiger partial charge in [0, 0.05) is 12.5 Å². The first-order chi connectivity index (χ1) is 16.8. The van der Waals surface area contributed by atoms with E-state index in [4.69, 9.17) is 4.74 Å². The molecule has 0 unspecified atom stereocenters. The molecule has 182 valence electrons. The normalized spacial score (nSPS) is 13.1. The summed E-state index contributed by atoms with van der Waals surface area (Å²) in [6, 6.07) is 21.6. The molecule has 0 saturated heterocycles. The molecule has 1 aliphatic carbocycles. The third-order valence-electron chi connectivity index (χ3n) is 5.60. The molecule has 0 bridgehead atoms. The molecule has 0 fully saturated rings. The molecule has 3 aromatic carbocycles. The molecule has 0 saturated carbocycles. The first kappa shape index (κ1) is 24.3. The summed E-state index contributed by atoms with van der Waals surface area (Å²) in [7, 11) is 0. The van der Waals surface area contributed by atoms with E-state index in [1.54, 1.807) is 18.2 Å². The first-order valence-corrected chi connectivity index (χ1v) is 11.1. The van der Waals surface area contributed by atoms with E-state index in [0.29, 0.717) is 18.5 Å². The van der Waals surface area contributed by atoms with E-state index in [1.807, 2.05) is 36.4 Å². The van der Waals surface area contributed by atoms with Crippen molar-refractivity contribution in [1.82, 2.24) is 5.32 Å². The maximum Gasteiger partial charge on any atom is 0.461 e. The molecule has 4 rings (SSSR count). The van der Waals surface area contributed by atoms with Crippen molar-refractivity contribution < 1.29 is 31.8 Å². The summed E-state index contributed by atoms with van der Waals surface area (Å²) in [6.45, 7) is 0.512. The second-order valence-corrected chi connectivity index (χ2v) is 7.98. The van der Waals surface area contributed by atoms with Gasteiger partial charge in [0.25, 0.3) is 0 Å². The van der Waals surface area contributed by atoms with E-state index in [0.717, 1.165) is 22.3 Å². The van der Waals surface area contributed by atoms with Gasteiger partial charge in [0.1, 0.15) is 12.4 Å². The average Bonchev–Trinajstić information content (AvgIpc) is 3.16. The summed E-state index contributed by atoms with van der Waals surface area (Å²) < 4.78 is 60.2. The van der Waals surface area contributed by atoms with Crippen LogP contribution >= 0.6 is 0 Å². The molecule has 0 radical (unpaired) electrons. The van der Waals surface area contributed by atoms with E-state index in [2.05, 4.69) is 22.2 Å². The van der Waals surface area contributed by atoms with Gasteiger partial charge >= 0.3 is 18.6 Å². The van der Waals surface area contributed by atoms with Crippen molar-refractivity contribution in [2.75, 3.05) is 13.2 Å². The third-order valence-corrected chi connectivity index (χ3v) is 5.60. The lowest BCUT2D eigenvalue weighted by molar-refractivity contribution is -0.253. The van der Waals surface area contributed by atoms with Crippen molar-refractivity contribution in [2.45, 2.75) is 24.9 Å². The topological polar surface area (TPSA) is 47.6 Å². The summed E-state index contributed by atoms with van der Waals surface area (Å²) in [4.78, 5) is 12.2. The highest BCUT2D eigenvalue weighted by Crippen LogP contribution is 2.44. The minimum absolute atomic E-state index is 0.0278. The van der Waals surface area contributed by atoms with Crippen molar-refractivity contribution >= 4 is 12.2 Å². The minimum atomic E-state index is -4.56. The Morgan fingerprint density at radius 3 is 2.29 bits per heavy atom. The van der Waals surface area contributed by atoms with E-state index >= 15 is 0 Å². The number of alkyl carbamates (subject to hydrolysis) is 1. The fraction of sp³-hybridized carbons (Fsp3) is 0.222. The van der Waals surface area contributed by atoms with Gasteiger partial charge in [0.05, 0.1) is 0 Å². The van der Waals surface area contributed by atoms with Crippen LogP contribution in [0.2, 0.25) is 0 Å². The first-order valence-electron chi connectivity index (χ1n) is 11.1. The van der Waals surface area contributed by atoms with Crippen molar-refractivity contribution in [3.63, 3.8) is 0 Å². The Kier molecular flexibility index (Phi) is 7.39. The Balaban J connectivity index is 1.24. The zero-order valence-corrected chi connectivity index (χ0v) is 18.6. The monoisotopic (exact) mass is 485 g/mol. The lowest BCUT2D eigenvalue weighted by atomic mass is 9.98. The molecular formula is C27H23F4NO3. The van der Waals surface area contributed by atoms with Crippen LogP contribution in [0.3, 0.4) is 0 Å². The highest BCUT2D eigenvalue weighted by molar-refractivity contribution is 5.79. The van der Waals surface area contributed by atoms with Gasteiger partial charge in [-0.1, -0.05) is 72.8 Å². The van der Waals surface area contributed by atoms with Gasteiger partial charge in [0.2, 0.25) is 0 Å². The van der Waals surface area contributed by atoms with Gasteiger partial charge in [0.15, 0.2) is 0 Å². The van der Waals surface area contributed by atoms with Crippen LogP contribution in [-0.4, -0.2) is 31.8 Å². The fourth-order valence-corrected chi connectivity index (χ4v) is 4.01. The van der Waals surface area contributed by atoms with Crippen molar-refractivity contribution in [2.24, 2.45) is 0 Å². The molecule has 35 heavy (non-hydrogen) atoms. The van der Waals surface area contributed by atoms with Crippen LogP contribution in [0.25, 0.3) is 17.2 Å². The maximum absolute atomic E-state index is 13.1. The second-order valence-electron chi connectivity index (χ2n) is 7.98. The van der Waals surface area contributed by atoms with Gasteiger partial charge in [-0.05, 0) is 46.4 Å². The predicted octanol–water partition coefficient (Wildman–Crippen LogP) is 6.87. The van der Waals surface area contributed by atoms with Crippen LogP contribution in [0.15, 0.2) is 78.9 Å². The van der Waals surface area contributed by atoms with Crippen LogP contribution in [0.5, 0.6) is 5.75 Å². The van der Waals surface area contributed by atoms with E-state index < -0.39 is 18.6 Å². The zero-order chi connectivity index (χ0) is 24.8. The van der Waals surface area contributed by atoms with Gasteiger partial charge in [-0.25, -0.2) is 4.79 Å². The number of fused-ring (bicyclic) bond motifs is 3. The second kappa shape index (κ2) is 10.6. The largest absolute Gasteiger partial charge is 0.461 e. The SMILES string of the molecule is O=C(NCCC=Cc1cccc(OC(F)(F)C(F)F)c1)OCC1c2ccccc2-c2ccccc21. The van der Waals surface area contributed by atoms with E-state index in [1.165, 1.54) is 18.2 Å². The number of hydrogen-bond acceptors (Lipinski definition) is 3. The zero-order valence-electron chi connectivity index (χ0n) is 18.6. The van der Waals surface area contributed by atoms with Crippen molar-refractivity contribution in [3.05, 3.63) is 95.6 Å². The molecule has 1 N–H and O–H groups in total. The average molecular weight is 485 g/mol. The molecule has 0 aliphatic heterocycles. The van der Waals surface area contributed by atoms with Crippen LogP contribution in [0.4, 0.5) is 22.4 Å². The number of hydrogen-bond donors (Lipinski definition) is 1. The van der Waals surface area contributed by atoms with Gasteiger partial charge in [-0.2, -0.15) is 17.6 Å². The minimum Gasteiger partial charge on any atom is -0.449 e. The van der Waals surface area contributed by atoms with Crippen molar-refractivity contribution in [3.8, 4) is 16.9 Å². The number of nitrogens with one attached hydrogen (secondary N) is 1. The molecule has 4 nitrogen and oxygen atoms in total. The Labute approximate surface area is 200 Å². The van der Waals surface area contributed by atoms with Crippen LogP contribution in [0.1, 0.15) is 29.0 Å². The van der Waals surface area contributed by atoms with Crippen LogP contribution in [0, 0.1) is 0 Å². The molecule has 1 amide bonds. The van der Waals surface area contributed by atoms with Crippen LogP contribution < -0.4 is 10.1 Å². The van der Waals surface area contributed by atoms with Gasteiger partial charge in [-0.3, -0.25) is 0 Å². The quantitative estimate of drug-likeness (QED) is 0.266. The number of halogens is 4. The Bertz CT molecular complexity index is 1170. The molecule has 0 atom stereocenters. The predicted molar refractivity (Wildman–Crippen MR) is 125 cm³/mol. The van der Waals surface area contributed by atoms with Gasteiger partial charge < -0.3 is 14.8 Å². The smallest absolute Gasteiger partial charge is 0.449 e. The summed E-state index contributed by atoms with van der Waals surface area (Å²) in [5, 5.41) is 2.68. The summed E-state index contributed by atoms with van der Waals surface area (Å²) in [6.07, 6.45) is -5.24. The lowest BCUT2D eigenvalue weighted by Crippen LogP contribution is -2.33. The fourth-order valence-electron chi connectivity index (χ4n) is 4.01. The molecule has 3 aromatic rings. The molecule has 0 heterocycles. The van der Waals surface area contributed by atoms with Crippen molar-refractivity contribution in [1.29, 1.82) is 0 Å². The number of benzene rings is 3. The third kappa shape index (κ3) is 5.82. The summed E-state index contributed by atoms with van der Waals surface area (Å²) in [5.74, 6) is -0.394. The number of alkyl halides is 4. The summed E-state index contributed by atoms with van der Waals surface area (Å²) in [5.41, 5.74) is 5.04.